The zero-order valence-corrected chi connectivity index (χ0v) is 8.51. The van der Waals surface area contributed by atoms with Crippen LogP contribution < -0.4 is 0 Å². The molecule has 0 aliphatic carbocycles. The number of ether oxygens (including phenoxy) is 1. The van der Waals surface area contributed by atoms with E-state index in [1.165, 1.54) is 0 Å². The third-order valence-corrected chi connectivity index (χ3v) is 2.01. The monoisotopic (exact) mass is 204 g/mol. The number of aromatic nitrogens is 2. The van der Waals surface area contributed by atoms with Crippen LogP contribution >= 0.6 is 0 Å². The van der Waals surface area contributed by atoms with Crippen LogP contribution in [0.2, 0.25) is 0 Å². The minimum Gasteiger partial charge on any atom is -0.461 e. The predicted molar refractivity (Wildman–Crippen MR) is 55.8 cm³/mol. The van der Waals surface area contributed by atoms with Gasteiger partial charge >= 0.3 is 5.97 Å². The maximum Gasteiger partial charge on any atom is 0.358 e. The molecule has 0 fully saturated rings. The SMILES string of the molecule is CCCOC(=O)c1cn2ccccc2n1. The third kappa shape index (κ3) is 1.98. The minimum atomic E-state index is -0.361. The van der Waals surface area contributed by atoms with Crippen LogP contribution in [0.5, 0.6) is 0 Å². The summed E-state index contributed by atoms with van der Waals surface area (Å²) < 4.78 is 6.79. The van der Waals surface area contributed by atoms with Crippen molar-refractivity contribution in [2.45, 2.75) is 13.3 Å². The zero-order chi connectivity index (χ0) is 10.7. The molecule has 0 aromatic carbocycles. The third-order valence-electron chi connectivity index (χ3n) is 2.01. The van der Waals surface area contributed by atoms with Crippen molar-refractivity contribution < 1.29 is 9.53 Å². The van der Waals surface area contributed by atoms with E-state index in [0.29, 0.717) is 12.3 Å². The molecular weight excluding hydrogens is 192 g/mol. The van der Waals surface area contributed by atoms with Gasteiger partial charge < -0.3 is 9.14 Å². The predicted octanol–water partition coefficient (Wildman–Crippen LogP) is 1.90. The first kappa shape index (κ1) is 9.71. The number of hydrogen-bond donors (Lipinski definition) is 0. The van der Waals surface area contributed by atoms with Crippen molar-refractivity contribution >= 4 is 11.6 Å². The van der Waals surface area contributed by atoms with Crippen molar-refractivity contribution in [1.29, 1.82) is 0 Å². The number of hydrogen-bond acceptors (Lipinski definition) is 3. The first-order valence-electron chi connectivity index (χ1n) is 4.92. The normalized spacial score (nSPS) is 10.5. The van der Waals surface area contributed by atoms with Crippen molar-refractivity contribution in [3.8, 4) is 0 Å². The second-order valence-electron chi connectivity index (χ2n) is 3.23. The number of rotatable bonds is 3. The van der Waals surface area contributed by atoms with Crippen LogP contribution in [-0.4, -0.2) is 22.0 Å². The molecule has 2 aromatic heterocycles. The van der Waals surface area contributed by atoms with E-state index < -0.39 is 0 Å². The van der Waals surface area contributed by atoms with Gasteiger partial charge in [-0.15, -0.1) is 0 Å². The Morgan fingerprint density at radius 1 is 1.53 bits per heavy atom. The Labute approximate surface area is 87.5 Å². The summed E-state index contributed by atoms with van der Waals surface area (Å²) in [6.45, 7) is 2.39. The number of carbonyl (C=O) groups excluding carboxylic acids is 1. The van der Waals surface area contributed by atoms with Gasteiger partial charge in [0.2, 0.25) is 0 Å². The lowest BCUT2D eigenvalue weighted by Crippen LogP contribution is -2.05. The molecule has 78 valence electrons. The van der Waals surface area contributed by atoms with Crippen LogP contribution in [0.4, 0.5) is 0 Å². The van der Waals surface area contributed by atoms with E-state index in [0.717, 1.165) is 12.1 Å². The molecule has 0 bridgehead atoms. The molecule has 0 N–H and O–H groups in total. The first-order valence-corrected chi connectivity index (χ1v) is 4.92. The lowest BCUT2D eigenvalue weighted by molar-refractivity contribution is 0.0499. The molecule has 0 spiro atoms. The molecule has 2 aromatic rings. The zero-order valence-electron chi connectivity index (χ0n) is 8.51. The van der Waals surface area contributed by atoms with E-state index in [1.807, 2.05) is 31.3 Å². The lowest BCUT2D eigenvalue weighted by atomic mass is 10.5. The highest BCUT2D eigenvalue weighted by atomic mass is 16.5. The largest absolute Gasteiger partial charge is 0.461 e. The van der Waals surface area contributed by atoms with Crippen molar-refractivity contribution in [3.63, 3.8) is 0 Å². The molecule has 4 heteroatoms. The van der Waals surface area contributed by atoms with Crippen molar-refractivity contribution in [2.24, 2.45) is 0 Å². The molecule has 0 aliphatic heterocycles. The molecule has 0 unspecified atom stereocenters. The van der Waals surface area contributed by atoms with E-state index >= 15 is 0 Å². The van der Waals surface area contributed by atoms with Gasteiger partial charge in [-0.3, -0.25) is 0 Å². The Bertz CT molecular complexity index is 443. The molecule has 0 radical (unpaired) electrons. The Hall–Kier alpha value is -1.84. The summed E-state index contributed by atoms with van der Waals surface area (Å²) in [5.41, 5.74) is 1.11. The van der Waals surface area contributed by atoms with Gasteiger partial charge in [0.25, 0.3) is 0 Å². The van der Waals surface area contributed by atoms with Crippen molar-refractivity contribution in [3.05, 3.63) is 36.3 Å². The summed E-state index contributed by atoms with van der Waals surface area (Å²) in [7, 11) is 0. The van der Waals surface area contributed by atoms with Crippen LogP contribution in [0, 0.1) is 0 Å². The molecule has 4 nitrogen and oxygen atoms in total. The highest BCUT2D eigenvalue weighted by Crippen LogP contribution is 2.05. The highest BCUT2D eigenvalue weighted by molar-refractivity contribution is 5.87. The van der Waals surface area contributed by atoms with Gasteiger partial charge in [0.15, 0.2) is 5.69 Å². The van der Waals surface area contributed by atoms with E-state index in [2.05, 4.69) is 4.98 Å². The van der Waals surface area contributed by atoms with Crippen LogP contribution in [-0.2, 0) is 4.74 Å². The smallest absolute Gasteiger partial charge is 0.358 e. The molecule has 2 heterocycles. The van der Waals surface area contributed by atoms with Crippen molar-refractivity contribution in [2.75, 3.05) is 6.61 Å². The minimum absolute atomic E-state index is 0.356. The maximum atomic E-state index is 11.5. The van der Waals surface area contributed by atoms with Crippen LogP contribution in [0.3, 0.4) is 0 Å². The number of imidazole rings is 1. The summed E-state index contributed by atoms with van der Waals surface area (Å²) in [6, 6.07) is 5.61. The van der Waals surface area contributed by atoms with E-state index in [4.69, 9.17) is 4.74 Å². The fourth-order valence-corrected chi connectivity index (χ4v) is 1.30. The number of esters is 1. The first-order chi connectivity index (χ1) is 7.31. The number of nitrogens with zero attached hydrogens (tertiary/aromatic N) is 2. The van der Waals surface area contributed by atoms with E-state index in [1.54, 1.807) is 10.6 Å². The standard InChI is InChI=1S/C11H12N2O2/c1-2-7-15-11(14)9-8-13-6-4-3-5-10(13)12-9/h3-6,8H,2,7H2,1H3. The average Bonchev–Trinajstić information content (AvgIpc) is 2.69. The van der Waals surface area contributed by atoms with Gasteiger partial charge in [0.1, 0.15) is 5.65 Å². The van der Waals surface area contributed by atoms with Gasteiger partial charge in [0, 0.05) is 12.4 Å². The summed E-state index contributed by atoms with van der Waals surface area (Å²) in [6.07, 6.45) is 4.34. The van der Waals surface area contributed by atoms with Crippen LogP contribution in [0.1, 0.15) is 23.8 Å². The number of fused-ring (bicyclic) bond motifs is 1. The van der Waals surface area contributed by atoms with Gasteiger partial charge in [-0.05, 0) is 18.6 Å². The summed E-state index contributed by atoms with van der Waals surface area (Å²) in [5.74, 6) is -0.361. The van der Waals surface area contributed by atoms with E-state index in [9.17, 15) is 4.79 Å². The van der Waals surface area contributed by atoms with Gasteiger partial charge in [0.05, 0.1) is 6.61 Å². The quantitative estimate of drug-likeness (QED) is 0.717. The topological polar surface area (TPSA) is 43.6 Å². The van der Waals surface area contributed by atoms with Crippen molar-refractivity contribution in [1.82, 2.24) is 9.38 Å². The molecule has 0 saturated carbocycles. The molecular formula is C11H12N2O2. The Kier molecular flexibility index (Phi) is 2.67. The van der Waals surface area contributed by atoms with Gasteiger partial charge in [-0.2, -0.15) is 0 Å². The highest BCUT2D eigenvalue weighted by Gasteiger charge is 2.10. The summed E-state index contributed by atoms with van der Waals surface area (Å²) >= 11 is 0. The molecule has 0 aliphatic rings. The Balaban J connectivity index is 2.25. The number of pyridine rings is 1. The second-order valence-corrected chi connectivity index (χ2v) is 3.23. The second kappa shape index (κ2) is 4.13. The van der Waals surface area contributed by atoms with Crippen LogP contribution in [0.15, 0.2) is 30.6 Å². The fraction of sp³-hybridized carbons (Fsp3) is 0.273. The lowest BCUT2D eigenvalue weighted by Gasteiger charge is -1.97. The molecule has 0 amide bonds. The molecule has 0 saturated heterocycles. The fourth-order valence-electron chi connectivity index (χ4n) is 1.30. The van der Waals surface area contributed by atoms with Crippen LogP contribution in [0.25, 0.3) is 5.65 Å². The Morgan fingerprint density at radius 2 is 2.40 bits per heavy atom. The molecule has 0 atom stereocenters. The Morgan fingerprint density at radius 3 is 3.13 bits per heavy atom. The molecule has 15 heavy (non-hydrogen) atoms. The van der Waals surface area contributed by atoms with E-state index in [-0.39, 0.29) is 5.97 Å². The molecule has 2 rings (SSSR count). The van der Waals surface area contributed by atoms with Gasteiger partial charge in [-0.25, -0.2) is 9.78 Å². The number of carbonyl (C=O) groups is 1. The average molecular weight is 204 g/mol. The maximum absolute atomic E-state index is 11.5. The summed E-state index contributed by atoms with van der Waals surface area (Å²) in [5, 5.41) is 0. The van der Waals surface area contributed by atoms with Gasteiger partial charge in [-0.1, -0.05) is 13.0 Å². The summed E-state index contributed by atoms with van der Waals surface area (Å²) in [4.78, 5) is 15.6.